The molecule has 126 valence electrons. The molecule has 0 aliphatic carbocycles. The fraction of sp³-hybridized carbons (Fsp3) is 0.625. The van der Waals surface area contributed by atoms with Gasteiger partial charge in [-0.1, -0.05) is 31.4 Å². The van der Waals surface area contributed by atoms with E-state index in [0.29, 0.717) is 18.7 Å². The van der Waals surface area contributed by atoms with E-state index < -0.39 is 14.2 Å². The Bertz CT molecular complexity index is 420. The third kappa shape index (κ3) is 8.66. The van der Waals surface area contributed by atoms with E-state index in [1.54, 1.807) is 24.0 Å². The van der Waals surface area contributed by atoms with Crippen molar-refractivity contribution in [3.63, 3.8) is 0 Å². The van der Waals surface area contributed by atoms with Crippen LogP contribution in [-0.2, 0) is 14.3 Å². The van der Waals surface area contributed by atoms with Crippen LogP contribution >= 0.6 is 0 Å². The van der Waals surface area contributed by atoms with Gasteiger partial charge in [0, 0.05) is 18.7 Å². The summed E-state index contributed by atoms with van der Waals surface area (Å²) in [5.74, 6) is 0.0137. The first-order chi connectivity index (χ1) is 10.2. The molecule has 0 saturated carbocycles. The molecule has 22 heavy (non-hydrogen) atoms. The van der Waals surface area contributed by atoms with Crippen molar-refractivity contribution in [1.29, 1.82) is 0 Å². The van der Waals surface area contributed by atoms with E-state index in [2.05, 4.69) is 30.1 Å². The highest BCUT2D eigenvalue weighted by Gasteiger charge is 2.17. The molecule has 0 heterocycles. The number of hydrogen-bond acceptors (Lipinski definition) is 4. The van der Waals surface area contributed by atoms with Gasteiger partial charge in [0.2, 0.25) is 0 Å². The van der Waals surface area contributed by atoms with Crippen molar-refractivity contribution in [2.24, 2.45) is 0 Å². The molecular formula is C16H29NO4Si. The summed E-state index contributed by atoms with van der Waals surface area (Å²) in [5, 5.41) is 0. The Morgan fingerprint density at radius 3 is 2.09 bits per heavy atom. The fourth-order valence-corrected chi connectivity index (χ4v) is 2.94. The van der Waals surface area contributed by atoms with Crippen molar-refractivity contribution >= 4 is 20.1 Å². The predicted octanol–water partition coefficient (Wildman–Crippen LogP) is 3.39. The number of ether oxygens (including phenoxy) is 2. The molecule has 0 aromatic carbocycles. The Kier molecular flexibility index (Phi) is 9.49. The molecule has 0 atom stereocenters. The van der Waals surface area contributed by atoms with Gasteiger partial charge in [-0.3, -0.25) is 4.79 Å². The fourth-order valence-electron chi connectivity index (χ4n) is 1.79. The maximum atomic E-state index is 12.5. The van der Waals surface area contributed by atoms with E-state index in [1.807, 2.05) is 13.8 Å². The number of carbonyl (C=O) groups is 2. The lowest BCUT2D eigenvalue weighted by atomic mass is 10.2. The minimum atomic E-state index is -1.54. The highest BCUT2D eigenvalue weighted by molar-refractivity contribution is 6.81. The van der Waals surface area contributed by atoms with Crippen molar-refractivity contribution in [3.8, 4) is 0 Å². The van der Waals surface area contributed by atoms with Gasteiger partial charge in [-0.15, -0.1) is 0 Å². The minimum Gasteiger partial charge on any atom is -0.435 e. The maximum absolute atomic E-state index is 12.5. The standard InChI is InChI=1S/C16H29NO4Si/c1-7-17(8-2)15(18)14(13-22(4,5)6)11-10-12-21-16(19)20-9-3/h10-11,13H,7-9,12H2,1-6H3. The quantitative estimate of drug-likeness (QED) is 0.297. The van der Waals surface area contributed by atoms with Crippen LogP contribution in [0.3, 0.4) is 0 Å². The van der Waals surface area contributed by atoms with Crippen LogP contribution in [0.1, 0.15) is 20.8 Å². The third-order valence-electron chi connectivity index (χ3n) is 2.74. The van der Waals surface area contributed by atoms with Crippen LogP contribution in [0, 0.1) is 0 Å². The molecule has 0 N–H and O–H groups in total. The second kappa shape index (κ2) is 10.2. The number of carbonyl (C=O) groups excluding carboxylic acids is 2. The van der Waals surface area contributed by atoms with Crippen LogP contribution in [0.4, 0.5) is 4.79 Å². The van der Waals surface area contributed by atoms with Gasteiger partial charge in [0.15, 0.2) is 0 Å². The molecule has 1 amide bonds. The normalized spacial score (nSPS) is 12.4. The number of nitrogens with zero attached hydrogens (tertiary/aromatic N) is 1. The van der Waals surface area contributed by atoms with Crippen molar-refractivity contribution in [3.05, 3.63) is 23.4 Å². The summed E-state index contributed by atoms with van der Waals surface area (Å²) in [6.07, 6.45) is 2.71. The molecule has 0 rings (SSSR count). The van der Waals surface area contributed by atoms with E-state index >= 15 is 0 Å². The van der Waals surface area contributed by atoms with Gasteiger partial charge in [0.05, 0.1) is 14.7 Å². The summed E-state index contributed by atoms with van der Waals surface area (Å²) < 4.78 is 9.54. The molecule has 0 radical (unpaired) electrons. The summed E-state index contributed by atoms with van der Waals surface area (Å²) >= 11 is 0. The van der Waals surface area contributed by atoms with Gasteiger partial charge in [-0.2, -0.15) is 0 Å². The topological polar surface area (TPSA) is 55.8 Å². The number of rotatable bonds is 8. The van der Waals surface area contributed by atoms with Crippen molar-refractivity contribution in [2.45, 2.75) is 40.4 Å². The van der Waals surface area contributed by atoms with E-state index in [0.717, 1.165) is 0 Å². The number of hydrogen-bond donors (Lipinski definition) is 0. The van der Waals surface area contributed by atoms with Gasteiger partial charge in [0.25, 0.3) is 5.91 Å². The molecule has 0 bridgehead atoms. The molecule has 6 heteroatoms. The van der Waals surface area contributed by atoms with Gasteiger partial charge in [0.1, 0.15) is 6.61 Å². The molecule has 5 nitrogen and oxygen atoms in total. The Balaban J connectivity index is 4.93. The molecule has 0 spiro atoms. The Hall–Kier alpha value is -1.56. The summed E-state index contributed by atoms with van der Waals surface area (Å²) in [6, 6.07) is 0. The molecule has 0 aromatic heterocycles. The molecule has 0 fully saturated rings. The molecule has 0 saturated heterocycles. The van der Waals surface area contributed by atoms with Gasteiger partial charge < -0.3 is 14.4 Å². The highest BCUT2D eigenvalue weighted by Crippen LogP contribution is 2.11. The van der Waals surface area contributed by atoms with Crippen molar-refractivity contribution in [1.82, 2.24) is 4.90 Å². The smallest absolute Gasteiger partial charge is 0.435 e. The van der Waals surface area contributed by atoms with Gasteiger partial charge >= 0.3 is 6.16 Å². The average Bonchev–Trinajstić information content (AvgIpc) is 2.42. The van der Waals surface area contributed by atoms with E-state index in [9.17, 15) is 9.59 Å². The molecule has 0 aromatic rings. The zero-order chi connectivity index (χ0) is 17.2. The first-order valence-corrected chi connectivity index (χ1v) is 11.3. The lowest BCUT2D eigenvalue weighted by molar-refractivity contribution is -0.126. The SMILES string of the molecule is CCOC(=O)OCC=CC(=C[Si](C)(C)C)C(=O)N(CC)CC. The van der Waals surface area contributed by atoms with Crippen LogP contribution in [0.5, 0.6) is 0 Å². The largest absolute Gasteiger partial charge is 0.508 e. The Morgan fingerprint density at radius 1 is 1.05 bits per heavy atom. The van der Waals surface area contributed by atoms with Crippen LogP contribution in [0.25, 0.3) is 0 Å². The first kappa shape index (κ1) is 20.4. The molecular weight excluding hydrogens is 298 g/mol. The zero-order valence-corrected chi connectivity index (χ0v) is 15.6. The zero-order valence-electron chi connectivity index (χ0n) is 14.6. The molecule has 0 unspecified atom stereocenters. The van der Waals surface area contributed by atoms with Crippen LogP contribution in [0.2, 0.25) is 19.6 Å². The summed E-state index contributed by atoms with van der Waals surface area (Å²) in [5.41, 5.74) is 2.73. The summed E-state index contributed by atoms with van der Waals surface area (Å²) in [7, 11) is -1.54. The van der Waals surface area contributed by atoms with Gasteiger partial charge in [-0.25, -0.2) is 4.79 Å². The first-order valence-electron chi connectivity index (χ1n) is 7.73. The van der Waals surface area contributed by atoms with Crippen LogP contribution < -0.4 is 0 Å². The summed E-state index contributed by atoms with van der Waals surface area (Å²) in [6.45, 7) is 13.9. The van der Waals surface area contributed by atoms with Crippen LogP contribution in [-0.4, -0.2) is 51.3 Å². The number of likely N-dealkylation sites (N-methyl/N-ethyl adjacent to an activating group) is 1. The maximum Gasteiger partial charge on any atom is 0.508 e. The molecule has 0 aliphatic heterocycles. The Morgan fingerprint density at radius 2 is 1.64 bits per heavy atom. The van der Waals surface area contributed by atoms with Gasteiger partial charge in [-0.05, 0) is 26.8 Å². The lowest BCUT2D eigenvalue weighted by Crippen LogP contribution is -2.32. The molecule has 0 aliphatic rings. The second-order valence-electron chi connectivity index (χ2n) is 5.84. The van der Waals surface area contributed by atoms with Crippen molar-refractivity contribution < 1.29 is 19.1 Å². The highest BCUT2D eigenvalue weighted by atomic mass is 28.3. The van der Waals surface area contributed by atoms with E-state index in [1.165, 1.54) is 0 Å². The number of amides is 1. The summed E-state index contributed by atoms with van der Waals surface area (Å²) in [4.78, 5) is 25.4. The van der Waals surface area contributed by atoms with Crippen LogP contribution in [0.15, 0.2) is 23.4 Å². The predicted molar refractivity (Wildman–Crippen MR) is 91.5 cm³/mol. The van der Waals surface area contributed by atoms with E-state index in [4.69, 9.17) is 4.74 Å². The Labute approximate surface area is 135 Å². The lowest BCUT2D eigenvalue weighted by Gasteiger charge is -2.21. The third-order valence-corrected chi connectivity index (χ3v) is 3.92. The average molecular weight is 327 g/mol. The minimum absolute atomic E-state index is 0.0137. The second-order valence-corrected chi connectivity index (χ2v) is 10.9. The van der Waals surface area contributed by atoms with Crippen molar-refractivity contribution in [2.75, 3.05) is 26.3 Å². The monoisotopic (exact) mass is 327 g/mol. The van der Waals surface area contributed by atoms with E-state index in [-0.39, 0.29) is 19.1 Å².